The van der Waals surface area contributed by atoms with Crippen LogP contribution < -0.4 is 9.47 Å². The van der Waals surface area contributed by atoms with Gasteiger partial charge in [-0.15, -0.1) is 11.3 Å². The number of thiazole rings is 1. The topological polar surface area (TPSA) is 68.7 Å². The molecule has 0 unspecified atom stereocenters. The SMILES string of the molecule is O=C(O)COc1ccc(OCc2nc(-c3ccccc3)cs2)cc1F. The monoisotopic (exact) mass is 359 g/mol. The van der Waals surface area contributed by atoms with Crippen molar-refractivity contribution in [3.63, 3.8) is 0 Å². The molecule has 0 bridgehead atoms. The van der Waals surface area contributed by atoms with E-state index in [0.29, 0.717) is 5.75 Å². The lowest BCUT2D eigenvalue weighted by molar-refractivity contribution is -0.139. The van der Waals surface area contributed by atoms with Gasteiger partial charge in [0, 0.05) is 17.0 Å². The fourth-order valence-electron chi connectivity index (χ4n) is 2.09. The molecule has 2 aromatic carbocycles. The lowest BCUT2D eigenvalue weighted by Crippen LogP contribution is -2.10. The van der Waals surface area contributed by atoms with Gasteiger partial charge in [-0.2, -0.15) is 0 Å². The molecule has 0 amide bonds. The lowest BCUT2D eigenvalue weighted by Gasteiger charge is -2.08. The molecule has 0 fully saturated rings. The molecule has 1 aromatic heterocycles. The number of hydrogen-bond donors (Lipinski definition) is 1. The van der Waals surface area contributed by atoms with E-state index in [2.05, 4.69) is 4.98 Å². The first-order valence-corrected chi connectivity index (χ1v) is 8.26. The van der Waals surface area contributed by atoms with Crippen LogP contribution in [-0.4, -0.2) is 22.7 Å². The number of rotatable bonds is 7. The molecule has 25 heavy (non-hydrogen) atoms. The third-order valence-corrected chi connectivity index (χ3v) is 4.06. The summed E-state index contributed by atoms with van der Waals surface area (Å²) < 4.78 is 24.2. The van der Waals surface area contributed by atoms with E-state index in [1.54, 1.807) is 0 Å². The molecular formula is C18H14FNO4S. The summed E-state index contributed by atoms with van der Waals surface area (Å²) in [6.07, 6.45) is 0. The van der Waals surface area contributed by atoms with Crippen LogP contribution in [0, 0.1) is 5.82 Å². The van der Waals surface area contributed by atoms with E-state index in [1.165, 1.54) is 23.5 Å². The number of halogens is 1. The molecule has 0 spiro atoms. The summed E-state index contributed by atoms with van der Waals surface area (Å²) in [7, 11) is 0. The molecule has 128 valence electrons. The van der Waals surface area contributed by atoms with Gasteiger partial charge in [0.15, 0.2) is 18.2 Å². The van der Waals surface area contributed by atoms with Crippen LogP contribution in [0.25, 0.3) is 11.3 Å². The summed E-state index contributed by atoms with van der Waals surface area (Å²) in [5, 5.41) is 11.2. The molecule has 1 heterocycles. The minimum absolute atomic E-state index is 0.129. The highest BCUT2D eigenvalue weighted by Crippen LogP contribution is 2.25. The van der Waals surface area contributed by atoms with E-state index >= 15 is 0 Å². The van der Waals surface area contributed by atoms with Crippen molar-refractivity contribution >= 4 is 17.3 Å². The van der Waals surface area contributed by atoms with Crippen LogP contribution in [0.3, 0.4) is 0 Å². The number of ether oxygens (including phenoxy) is 2. The van der Waals surface area contributed by atoms with Crippen molar-refractivity contribution in [1.29, 1.82) is 0 Å². The Hall–Kier alpha value is -2.93. The third kappa shape index (κ3) is 4.54. The molecule has 5 nitrogen and oxygen atoms in total. The fraction of sp³-hybridized carbons (Fsp3) is 0.111. The number of aromatic nitrogens is 1. The Balaban J connectivity index is 1.61. The Labute approximate surface area is 147 Å². The smallest absolute Gasteiger partial charge is 0.341 e. The molecule has 0 saturated carbocycles. The number of hydrogen-bond acceptors (Lipinski definition) is 5. The maximum absolute atomic E-state index is 13.8. The molecular weight excluding hydrogens is 345 g/mol. The predicted octanol–water partition coefficient (Wildman–Crippen LogP) is 3.99. The minimum Gasteiger partial charge on any atom is -0.486 e. The maximum Gasteiger partial charge on any atom is 0.341 e. The summed E-state index contributed by atoms with van der Waals surface area (Å²) in [5.74, 6) is -1.66. The minimum atomic E-state index is -1.17. The van der Waals surface area contributed by atoms with Crippen molar-refractivity contribution in [3.05, 3.63) is 64.7 Å². The van der Waals surface area contributed by atoms with Crippen LogP contribution in [0.1, 0.15) is 5.01 Å². The number of carbonyl (C=O) groups is 1. The lowest BCUT2D eigenvalue weighted by atomic mass is 10.2. The van der Waals surface area contributed by atoms with Gasteiger partial charge in [-0.05, 0) is 12.1 Å². The number of aliphatic carboxylic acids is 1. The number of benzene rings is 2. The summed E-state index contributed by atoms with van der Waals surface area (Å²) in [6.45, 7) is -0.384. The molecule has 0 radical (unpaired) electrons. The summed E-state index contributed by atoms with van der Waals surface area (Å²) in [6, 6.07) is 13.8. The van der Waals surface area contributed by atoms with Crippen LogP contribution in [0.5, 0.6) is 11.5 Å². The van der Waals surface area contributed by atoms with Crippen molar-refractivity contribution < 1.29 is 23.8 Å². The molecule has 0 atom stereocenters. The van der Waals surface area contributed by atoms with Gasteiger partial charge in [-0.1, -0.05) is 30.3 Å². The van der Waals surface area contributed by atoms with E-state index in [-0.39, 0.29) is 12.4 Å². The van der Waals surface area contributed by atoms with Gasteiger partial charge in [0.05, 0.1) is 5.69 Å². The number of carboxylic acid groups (broad SMARTS) is 1. The quantitative estimate of drug-likeness (QED) is 0.691. The van der Waals surface area contributed by atoms with Crippen molar-refractivity contribution in [2.24, 2.45) is 0 Å². The second-order valence-corrected chi connectivity index (χ2v) is 6.00. The highest BCUT2D eigenvalue weighted by molar-refractivity contribution is 7.09. The Morgan fingerprint density at radius 1 is 1.16 bits per heavy atom. The molecule has 0 aliphatic rings. The Morgan fingerprint density at radius 3 is 2.68 bits per heavy atom. The van der Waals surface area contributed by atoms with E-state index in [0.717, 1.165) is 22.3 Å². The Morgan fingerprint density at radius 2 is 1.96 bits per heavy atom. The molecule has 3 aromatic rings. The van der Waals surface area contributed by atoms with E-state index < -0.39 is 18.4 Å². The van der Waals surface area contributed by atoms with E-state index in [4.69, 9.17) is 14.6 Å². The van der Waals surface area contributed by atoms with Gasteiger partial charge in [-0.25, -0.2) is 14.2 Å². The number of nitrogens with zero attached hydrogens (tertiary/aromatic N) is 1. The first-order valence-electron chi connectivity index (χ1n) is 7.38. The summed E-state index contributed by atoms with van der Waals surface area (Å²) in [4.78, 5) is 14.9. The van der Waals surface area contributed by atoms with E-state index in [1.807, 2.05) is 35.7 Å². The van der Waals surface area contributed by atoms with E-state index in [9.17, 15) is 9.18 Å². The van der Waals surface area contributed by atoms with Gasteiger partial charge < -0.3 is 14.6 Å². The zero-order valence-corrected chi connectivity index (χ0v) is 13.8. The maximum atomic E-state index is 13.8. The van der Waals surface area contributed by atoms with Crippen LogP contribution in [0.4, 0.5) is 4.39 Å². The van der Waals surface area contributed by atoms with Crippen LogP contribution in [-0.2, 0) is 11.4 Å². The summed E-state index contributed by atoms with van der Waals surface area (Å²) >= 11 is 1.46. The average Bonchev–Trinajstić information content (AvgIpc) is 3.09. The Kier molecular flexibility index (Phi) is 5.25. The van der Waals surface area contributed by atoms with Gasteiger partial charge in [0.25, 0.3) is 0 Å². The zero-order valence-electron chi connectivity index (χ0n) is 13.0. The van der Waals surface area contributed by atoms with Crippen LogP contribution in [0.2, 0.25) is 0 Å². The van der Waals surface area contributed by atoms with Gasteiger partial charge in [-0.3, -0.25) is 0 Å². The van der Waals surface area contributed by atoms with Crippen molar-refractivity contribution in [2.45, 2.75) is 6.61 Å². The first-order chi connectivity index (χ1) is 12.1. The van der Waals surface area contributed by atoms with Crippen molar-refractivity contribution in [1.82, 2.24) is 4.98 Å². The molecule has 3 rings (SSSR count). The second-order valence-electron chi connectivity index (χ2n) is 5.06. The van der Waals surface area contributed by atoms with Gasteiger partial charge >= 0.3 is 5.97 Å². The van der Waals surface area contributed by atoms with Crippen molar-refractivity contribution in [2.75, 3.05) is 6.61 Å². The fourth-order valence-corrected chi connectivity index (χ4v) is 2.81. The van der Waals surface area contributed by atoms with Crippen LogP contribution >= 0.6 is 11.3 Å². The summed E-state index contributed by atoms with van der Waals surface area (Å²) in [5.41, 5.74) is 1.89. The average molecular weight is 359 g/mol. The highest BCUT2D eigenvalue weighted by Gasteiger charge is 2.09. The molecule has 0 aliphatic heterocycles. The highest BCUT2D eigenvalue weighted by atomic mass is 32.1. The standard InChI is InChI=1S/C18H14FNO4S/c19-14-8-13(6-7-16(14)24-10-18(21)22)23-9-17-20-15(11-25-17)12-4-2-1-3-5-12/h1-8,11H,9-10H2,(H,21,22). The molecule has 0 aliphatic carbocycles. The first kappa shape index (κ1) is 16.9. The third-order valence-electron chi connectivity index (χ3n) is 3.24. The second kappa shape index (κ2) is 7.76. The largest absolute Gasteiger partial charge is 0.486 e. The van der Waals surface area contributed by atoms with Gasteiger partial charge in [0.1, 0.15) is 17.4 Å². The van der Waals surface area contributed by atoms with Crippen LogP contribution in [0.15, 0.2) is 53.9 Å². The number of carboxylic acids is 1. The van der Waals surface area contributed by atoms with Crippen molar-refractivity contribution in [3.8, 4) is 22.8 Å². The molecule has 1 N–H and O–H groups in total. The molecule has 7 heteroatoms. The normalized spacial score (nSPS) is 10.4. The van der Waals surface area contributed by atoms with Gasteiger partial charge in [0.2, 0.25) is 0 Å². The Bertz CT molecular complexity index is 867. The zero-order chi connectivity index (χ0) is 17.6. The predicted molar refractivity (Wildman–Crippen MR) is 91.4 cm³/mol. The molecule has 0 saturated heterocycles.